The summed E-state index contributed by atoms with van der Waals surface area (Å²) in [5.41, 5.74) is 10.7. The molecule has 0 saturated carbocycles. The molecule has 9 heteroatoms. The van der Waals surface area contributed by atoms with Gasteiger partial charge in [0.15, 0.2) is 28.8 Å². The van der Waals surface area contributed by atoms with Crippen LogP contribution in [0.5, 0.6) is 23.0 Å². The number of benzene rings is 3. The van der Waals surface area contributed by atoms with E-state index in [0.717, 1.165) is 22.4 Å². The largest absolute Gasteiger partial charge is 0.493 e. The number of carbonyl (C=O) groups excluding carboxylic acids is 1. The molecule has 5 atom stereocenters. The van der Waals surface area contributed by atoms with Gasteiger partial charge in [-0.05, 0) is 53.3 Å². The maximum absolute atomic E-state index is 13.9. The fraction of sp³-hybridized carbons (Fsp3) is 0.344. The molecular formula is C32H35N3O6. The van der Waals surface area contributed by atoms with Crippen LogP contribution < -0.4 is 35.1 Å². The molecule has 3 aliphatic rings. The van der Waals surface area contributed by atoms with E-state index in [-0.39, 0.29) is 29.7 Å². The summed E-state index contributed by atoms with van der Waals surface area (Å²) in [5, 5.41) is 14.5. The van der Waals surface area contributed by atoms with Crippen molar-refractivity contribution in [1.82, 2.24) is 16.2 Å². The highest BCUT2D eigenvalue weighted by molar-refractivity contribution is 5.99. The zero-order chi connectivity index (χ0) is 28.5. The Morgan fingerprint density at radius 1 is 0.805 bits per heavy atom. The van der Waals surface area contributed by atoms with Crippen molar-refractivity contribution in [1.29, 1.82) is 0 Å². The number of aliphatic hydroxyl groups is 1. The number of fused-ring (bicyclic) bond motifs is 1. The van der Waals surface area contributed by atoms with Crippen LogP contribution in [0.2, 0.25) is 0 Å². The zero-order valence-corrected chi connectivity index (χ0v) is 23.3. The Morgan fingerprint density at radius 3 is 2.24 bits per heavy atom. The summed E-state index contributed by atoms with van der Waals surface area (Å²) in [6.07, 6.45) is -0.0895. The molecule has 214 valence electrons. The number of carbonyl (C=O) groups is 1. The molecule has 3 unspecified atom stereocenters. The van der Waals surface area contributed by atoms with Gasteiger partial charge in [0.2, 0.25) is 0 Å². The third kappa shape index (κ3) is 5.12. The van der Waals surface area contributed by atoms with E-state index in [4.69, 9.17) is 18.9 Å². The van der Waals surface area contributed by atoms with Gasteiger partial charge in [0.25, 0.3) is 0 Å². The molecule has 4 N–H and O–H groups in total. The highest BCUT2D eigenvalue weighted by Crippen LogP contribution is 2.49. The van der Waals surface area contributed by atoms with Crippen LogP contribution in [0.4, 0.5) is 0 Å². The number of hydrazine groups is 1. The Bertz CT molecular complexity index is 1460. The molecule has 1 fully saturated rings. The quantitative estimate of drug-likeness (QED) is 0.329. The lowest BCUT2D eigenvalue weighted by atomic mass is 9.68. The van der Waals surface area contributed by atoms with E-state index < -0.39 is 6.23 Å². The molecule has 0 amide bonds. The maximum atomic E-state index is 13.9. The fourth-order valence-corrected chi connectivity index (χ4v) is 6.33. The molecule has 2 heterocycles. The van der Waals surface area contributed by atoms with Crippen molar-refractivity contribution in [3.8, 4) is 23.0 Å². The highest BCUT2D eigenvalue weighted by Gasteiger charge is 2.50. The molecule has 1 saturated heterocycles. The fourth-order valence-electron chi connectivity index (χ4n) is 6.33. The number of rotatable bonds is 8. The van der Waals surface area contributed by atoms with Crippen molar-refractivity contribution in [2.24, 2.45) is 5.92 Å². The van der Waals surface area contributed by atoms with Crippen molar-refractivity contribution in [3.05, 3.63) is 94.7 Å². The summed E-state index contributed by atoms with van der Waals surface area (Å²) < 4.78 is 22.7. The van der Waals surface area contributed by atoms with Gasteiger partial charge in [-0.1, -0.05) is 42.5 Å². The summed E-state index contributed by atoms with van der Waals surface area (Å²) in [4.78, 5) is 13.9. The molecule has 3 aromatic carbocycles. The van der Waals surface area contributed by atoms with E-state index in [2.05, 4.69) is 16.2 Å². The monoisotopic (exact) mass is 557 g/mol. The number of aliphatic hydroxyl groups excluding tert-OH is 1. The van der Waals surface area contributed by atoms with Crippen LogP contribution in [0, 0.1) is 5.92 Å². The van der Waals surface area contributed by atoms with Crippen LogP contribution in [0.1, 0.15) is 41.4 Å². The van der Waals surface area contributed by atoms with Crippen molar-refractivity contribution in [2.75, 3.05) is 21.3 Å². The van der Waals surface area contributed by atoms with Gasteiger partial charge < -0.3 is 29.4 Å². The zero-order valence-electron chi connectivity index (χ0n) is 23.3. The second-order valence-corrected chi connectivity index (χ2v) is 10.6. The maximum Gasteiger partial charge on any atom is 0.161 e. The Kier molecular flexibility index (Phi) is 7.57. The third-order valence-electron chi connectivity index (χ3n) is 8.33. The van der Waals surface area contributed by atoms with Gasteiger partial charge in [-0.15, -0.1) is 0 Å². The molecule has 6 rings (SSSR count). The van der Waals surface area contributed by atoms with Gasteiger partial charge in [-0.3, -0.25) is 4.79 Å². The minimum absolute atomic E-state index is 0.0201. The number of hydrogen-bond acceptors (Lipinski definition) is 9. The minimum atomic E-state index is -0.845. The van der Waals surface area contributed by atoms with Crippen LogP contribution in [0.15, 0.2) is 78.0 Å². The Balaban J connectivity index is 1.33. The molecular weight excluding hydrogens is 522 g/mol. The first kappa shape index (κ1) is 27.1. The molecule has 41 heavy (non-hydrogen) atoms. The average Bonchev–Trinajstić information content (AvgIpc) is 3.38. The second kappa shape index (κ2) is 11.4. The lowest BCUT2D eigenvalue weighted by Gasteiger charge is -2.42. The normalized spacial score (nSPS) is 25.2. The summed E-state index contributed by atoms with van der Waals surface area (Å²) in [6, 6.07) is 21.5. The predicted octanol–water partition coefficient (Wildman–Crippen LogP) is 3.75. The van der Waals surface area contributed by atoms with Crippen LogP contribution in [-0.4, -0.2) is 44.6 Å². The van der Waals surface area contributed by atoms with Crippen molar-refractivity contribution < 1.29 is 28.8 Å². The average molecular weight is 558 g/mol. The number of allylic oxidation sites excluding steroid dienone is 2. The van der Waals surface area contributed by atoms with Gasteiger partial charge >= 0.3 is 0 Å². The first-order valence-electron chi connectivity index (χ1n) is 13.8. The van der Waals surface area contributed by atoms with Gasteiger partial charge in [0.05, 0.1) is 27.5 Å². The smallest absolute Gasteiger partial charge is 0.161 e. The third-order valence-corrected chi connectivity index (χ3v) is 8.33. The van der Waals surface area contributed by atoms with Crippen molar-refractivity contribution >= 4 is 5.78 Å². The first-order valence-corrected chi connectivity index (χ1v) is 13.8. The Morgan fingerprint density at radius 2 is 1.49 bits per heavy atom. The number of nitrogens with one attached hydrogen (secondary N) is 3. The lowest BCUT2D eigenvalue weighted by Crippen LogP contribution is -2.51. The molecule has 9 nitrogen and oxygen atoms in total. The SMILES string of the molecule is COc1ccc([C@H]2CC(=O)C3=C(C2)NC2NNC(O)C2[C@@H]3c2ccc(OCc3ccccc3)c(OC)c2)cc1OC. The van der Waals surface area contributed by atoms with Crippen LogP contribution in [0.25, 0.3) is 0 Å². The summed E-state index contributed by atoms with van der Waals surface area (Å²) >= 11 is 0. The Labute approximate surface area is 239 Å². The molecule has 0 spiro atoms. The number of ether oxygens (including phenoxy) is 4. The number of methoxy groups -OCH3 is 3. The predicted molar refractivity (Wildman–Crippen MR) is 153 cm³/mol. The molecule has 0 aromatic heterocycles. The van der Waals surface area contributed by atoms with Gasteiger partial charge in [-0.25, -0.2) is 10.9 Å². The molecule has 0 radical (unpaired) electrons. The molecule has 0 bridgehead atoms. The summed E-state index contributed by atoms with van der Waals surface area (Å²) in [7, 11) is 4.82. The van der Waals surface area contributed by atoms with E-state index in [0.29, 0.717) is 48.0 Å². The van der Waals surface area contributed by atoms with Gasteiger partial charge in [-0.2, -0.15) is 0 Å². The molecule has 2 aliphatic heterocycles. The minimum Gasteiger partial charge on any atom is -0.493 e. The van der Waals surface area contributed by atoms with Gasteiger partial charge in [0, 0.05) is 29.5 Å². The molecule has 3 aromatic rings. The molecule has 1 aliphatic carbocycles. The van der Waals surface area contributed by atoms with E-state index >= 15 is 0 Å². The van der Waals surface area contributed by atoms with Gasteiger partial charge in [0.1, 0.15) is 12.8 Å². The summed E-state index contributed by atoms with van der Waals surface area (Å²) in [6.45, 7) is 0.409. The lowest BCUT2D eigenvalue weighted by molar-refractivity contribution is -0.117. The van der Waals surface area contributed by atoms with E-state index in [1.807, 2.05) is 66.7 Å². The van der Waals surface area contributed by atoms with Crippen LogP contribution >= 0.6 is 0 Å². The number of hydrogen-bond donors (Lipinski definition) is 4. The number of ketones is 1. The van der Waals surface area contributed by atoms with E-state index in [1.165, 1.54) is 0 Å². The topological polar surface area (TPSA) is 110 Å². The standard InChI is InChI=1S/C32H35N3O6/c1-38-24-11-9-19(15-26(24)39-2)21-13-22-29(23(36)14-21)28(30-31(33-22)34-35-32(30)37)20-10-12-25(27(16-20)40-3)41-17-18-7-5-4-6-8-18/h4-12,15-16,21,28,30-35,37H,13-14,17H2,1-3H3/t21-,28-,30?,31?,32?/m1/s1. The van der Waals surface area contributed by atoms with Crippen molar-refractivity contribution in [2.45, 2.75) is 43.7 Å². The van der Waals surface area contributed by atoms with Crippen LogP contribution in [-0.2, 0) is 11.4 Å². The van der Waals surface area contributed by atoms with E-state index in [9.17, 15) is 9.90 Å². The Hall–Kier alpha value is -4.05. The second-order valence-electron chi connectivity index (χ2n) is 10.6. The van der Waals surface area contributed by atoms with E-state index in [1.54, 1.807) is 21.3 Å². The summed E-state index contributed by atoms with van der Waals surface area (Å²) in [5.74, 6) is 1.87. The first-order chi connectivity index (χ1) is 20.0. The highest BCUT2D eigenvalue weighted by atomic mass is 16.5. The van der Waals surface area contributed by atoms with Crippen LogP contribution in [0.3, 0.4) is 0 Å². The number of Topliss-reactive ketones (excluding diaryl/α,β-unsaturated/α-hetero) is 1. The van der Waals surface area contributed by atoms with Crippen molar-refractivity contribution in [3.63, 3.8) is 0 Å².